The van der Waals surface area contributed by atoms with Gasteiger partial charge in [0.25, 0.3) is 5.91 Å². The predicted octanol–water partition coefficient (Wildman–Crippen LogP) is 1.45. The Morgan fingerprint density at radius 1 is 0.917 bits per heavy atom. The minimum atomic E-state index is -0.250. The number of rotatable bonds is 8. The van der Waals surface area contributed by atoms with Crippen molar-refractivity contribution in [1.82, 2.24) is 10.2 Å². The van der Waals surface area contributed by atoms with E-state index in [1.165, 1.54) is 5.56 Å². The Labute approximate surface area is 142 Å². The van der Waals surface area contributed by atoms with Crippen molar-refractivity contribution in [3.63, 3.8) is 0 Å². The summed E-state index contributed by atoms with van der Waals surface area (Å²) in [5, 5.41) is 2.66. The van der Waals surface area contributed by atoms with E-state index in [2.05, 4.69) is 5.32 Å². The number of carbonyl (C=O) groups is 2. The zero-order valence-electron chi connectivity index (χ0n) is 13.7. The third-order valence-corrected chi connectivity index (χ3v) is 3.70. The van der Waals surface area contributed by atoms with Crippen molar-refractivity contribution in [3.8, 4) is 0 Å². The van der Waals surface area contributed by atoms with Crippen LogP contribution in [0.3, 0.4) is 0 Å². The van der Waals surface area contributed by atoms with Gasteiger partial charge in [-0.1, -0.05) is 48.5 Å². The fourth-order valence-electron chi connectivity index (χ4n) is 2.39. The molecule has 0 unspecified atom stereocenters. The highest BCUT2D eigenvalue weighted by Gasteiger charge is 2.14. The molecule has 0 aliphatic carbocycles. The Balaban J connectivity index is 1.85. The minimum absolute atomic E-state index is 0.0253. The van der Waals surface area contributed by atoms with Gasteiger partial charge in [-0.25, -0.2) is 0 Å². The lowest BCUT2D eigenvalue weighted by molar-refractivity contribution is -0.130. The Kier molecular flexibility index (Phi) is 6.98. The zero-order valence-corrected chi connectivity index (χ0v) is 13.7. The van der Waals surface area contributed by atoms with Crippen molar-refractivity contribution in [2.24, 2.45) is 5.73 Å². The first-order valence-electron chi connectivity index (χ1n) is 8.05. The van der Waals surface area contributed by atoms with Crippen LogP contribution in [0.4, 0.5) is 0 Å². The second-order valence-corrected chi connectivity index (χ2v) is 5.45. The second-order valence-electron chi connectivity index (χ2n) is 5.45. The minimum Gasteiger partial charge on any atom is -0.343 e. The standard InChI is InChI=1S/C19H23N3O2/c20-12-14-22(13-11-16-7-3-1-4-8-16)18(23)15-21-19(24)17-9-5-2-6-10-17/h1-10H,11-15,20H2,(H,21,24). The predicted molar refractivity (Wildman–Crippen MR) is 94.6 cm³/mol. The summed E-state index contributed by atoms with van der Waals surface area (Å²) in [5.41, 5.74) is 7.31. The van der Waals surface area contributed by atoms with Crippen LogP contribution in [0.5, 0.6) is 0 Å². The van der Waals surface area contributed by atoms with E-state index < -0.39 is 0 Å². The first-order chi connectivity index (χ1) is 11.7. The number of benzene rings is 2. The highest BCUT2D eigenvalue weighted by molar-refractivity contribution is 5.96. The van der Waals surface area contributed by atoms with E-state index in [0.29, 0.717) is 25.2 Å². The van der Waals surface area contributed by atoms with E-state index in [1.54, 1.807) is 29.2 Å². The molecule has 2 aromatic carbocycles. The molecule has 0 bridgehead atoms. The molecule has 2 rings (SSSR count). The van der Waals surface area contributed by atoms with Gasteiger partial charge in [-0.05, 0) is 24.1 Å². The van der Waals surface area contributed by atoms with Crippen LogP contribution in [-0.4, -0.2) is 42.9 Å². The Morgan fingerprint density at radius 2 is 1.54 bits per heavy atom. The number of hydrogen-bond donors (Lipinski definition) is 2. The lowest BCUT2D eigenvalue weighted by Crippen LogP contribution is -2.43. The molecule has 126 valence electrons. The largest absolute Gasteiger partial charge is 0.343 e. The molecule has 2 aromatic rings. The molecular formula is C19H23N3O2. The molecule has 5 nitrogen and oxygen atoms in total. The van der Waals surface area contributed by atoms with Crippen LogP contribution in [0.1, 0.15) is 15.9 Å². The van der Waals surface area contributed by atoms with Gasteiger partial charge in [0.05, 0.1) is 6.54 Å². The van der Waals surface area contributed by atoms with Crippen LogP contribution in [0.25, 0.3) is 0 Å². The van der Waals surface area contributed by atoms with Crippen molar-refractivity contribution < 1.29 is 9.59 Å². The molecule has 0 aliphatic heterocycles. The molecular weight excluding hydrogens is 302 g/mol. The van der Waals surface area contributed by atoms with Crippen LogP contribution >= 0.6 is 0 Å². The number of nitrogens with zero attached hydrogens (tertiary/aromatic N) is 1. The SMILES string of the molecule is NCCN(CCc1ccccc1)C(=O)CNC(=O)c1ccccc1. The first-order valence-corrected chi connectivity index (χ1v) is 8.05. The maximum Gasteiger partial charge on any atom is 0.251 e. The van der Waals surface area contributed by atoms with Gasteiger partial charge in [0.15, 0.2) is 0 Å². The van der Waals surface area contributed by atoms with Gasteiger partial charge in [0, 0.05) is 25.2 Å². The van der Waals surface area contributed by atoms with E-state index >= 15 is 0 Å². The lowest BCUT2D eigenvalue weighted by Gasteiger charge is -2.22. The molecule has 0 spiro atoms. The van der Waals surface area contributed by atoms with Gasteiger partial charge >= 0.3 is 0 Å². The molecule has 0 fully saturated rings. The topological polar surface area (TPSA) is 75.4 Å². The summed E-state index contributed by atoms with van der Waals surface area (Å²) >= 11 is 0. The maximum absolute atomic E-state index is 12.3. The molecule has 0 heterocycles. The number of carbonyl (C=O) groups excluding carboxylic acids is 2. The maximum atomic E-state index is 12.3. The highest BCUT2D eigenvalue weighted by atomic mass is 16.2. The molecule has 0 atom stereocenters. The summed E-state index contributed by atoms with van der Waals surface area (Å²) < 4.78 is 0. The average Bonchev–Trinajstić information content (AvgIpc) is 2.64. The van der Waals surface area contributed by atoms with Crippen molar-refractivity contribution in [3.05, 3.63) is 71.8 Å². The van der Waals surface area contributed by atoms with Crippen molar-refractivity contribution in [1.29, 1.82) is 0 Å². The quantitative estimate of drug-likeness (QED) is 0.771. The van der Waals surface area contributed by atoms with Gasteiger partial charge in [-0.15, -0.1) is 0 Å². The van der Waals surface area contributed by atoms with E-state index in [9.17, 15) is 9.59 Å². The number of nitrogens with one attached hydrogen (secondary N) is 1. The van der Waals surface area contributed by atoms with Gasteiger partial charge in [0.1, 0.15) is 0 Å². The summed E-state index contributed by atoms with van der Waals surface area (Å²) in [4.78, 5) is 26.0. The zero-order chi connectivity index (χ0) is 17.2. The molecule has 3 N–H and O–H groups in total. The second kappa shape index (κ2) is 9.47. The summed E-state index contributed by atoms with van der Waals surface area (Å²) in [6.07, 6.45) is 0.763. The van der Waals surface area contributed by atoms with Gasteiger partial charge in [0.2, 0.25) is 5.91 Å². The van der Waals surface area contributed by atoms with Crippen LogP contribution in [0.2, 0.25) is 0 Å². The molecule has 24 heavy (non-hydrogen) atoms. The van der Waals surface area contributed by atoms with Crippen molar-refractivity contribution >= 4 is 11.8 Å². The van der Waals surface area contributed by atoms with E-state index in [4.69, 9.17) is 5.73 Å². The Bertz CT molecular complexity index is 644. The summed E-state index contributed by atoms with van der Waals surface area (Å²) in [6, 6.07) is 18.8. The lowest BCUT2D eigenvalue weighted by atomic mass is 10.1. The molecule has 0 saturated heterocycles. The van der Waals surface area contributed by atoms with Crippen LogP contribution in [0.15, 0.2) is 60.7 Å². The van der Waals surface area contributed by atoms with Crippen LogP contribution < -0.4 is 11.1 Å². The fraction of sp³-hybridized carbons (Fsp3) is 0.263. The van der Waals surface area contributed by atoms with E-state index in [1.807, 2.05) is 36.4 Å². The Hall–Kier alpha value is -2.66. The van der Waals surface area contributed by atoms with Gasteiger partial charge < -0.3 is 16.0 Å². The number of hydrogen-bond acceptors (Lipinski definition) is 3. The Morgan fingerprint density at radius 3 is 2.17 bits per heavy atom. The van der Waals surface area contributed by atoms with Crippen LogP contribution in [-0.2, 0) is 11.2 Å². The van der Waals surface area contributed by atoms with Gasteiger partial charge in [-0.2, -0.15) is 0 Å². The molecule has 0 aliphatic rings. The molecule has 0 saturated carbocycles. The monoisotopic (exact) mass is 325 g/mol. The van der Waals surface area contributed by atoms with Crippen molar-refractivity contribution in [2.75, 3.05) is 26.2 Å². The molecule has 5 heteroatoms. The third-order valence-electron chi connectivity index (χ3n) is 3.70. The number of amides is 2. The van der Waals surface area contributed by atoms with Crippen LogP contribution in [0, 0.1) is 0 Å². The normalized spacial score (nSPS) is 10.2. The fourth-order valence-corrected chi connectivity index (χ4v) is 2.39. The van der Waals surface area contributed by atoms with Crippen molar-refractivity contribution in [2.45, 2.75) is 6.42 Å². The molecule has 2 amide bonds. The first kappa shape index (κ1) is 17.7. The van der Waals surface area contributed by atoms with E-state index in [0.717, 1.165) is 6.42 Å². The average molecular weight is 325 g/mol. The smallest absolute Gasteiger partial charge is 0.251 e. The van der Waals surface area contributed by atoms with Gasteiger partial charge in [-0.3, -0.25) is 9.59 Å². The molecule has 0 radical (unpaired) electrons. The third kappa shape index (κ3) is 5.52. The number of nitrogens with two attached hydrogens (primary N) is 1. The summed E-state index contributed by atoms with van der Waals surface area (Å²) in [5.74, 6) is -0.375. The molecule has 0 aromatic heterocycles. The summed E-state index contributed by atoms with van der Waals surface area (Å²) in [6.45, 7) is 1.43. The summed E-state index contributed by atoms with van der Waals surface area (Å²) in [7, 11) is 0. The van der Waals surface area contributed by atoms with E-state index in [-0.39, 0.29) is 18.4 Å². The highest BCUT2D eigenvalue weighted by Crippen LogP contribution is 2.02.